The Balaban J connectivity index is 1.74. The molecule has 28 heavy (non-hydrogen) atoms. The van der Waals surface area contributed by atoms with Crippen LogP contribution in [0.5, 0.6) is 5.75 Å². The van der Waals surface area contributed by atoms with Gasteiger partial charge in [0.1, 0.15) is 5.75 Å². The first-order chi connectivity index (χ1) is 13.6. The summed E-state index contributed by atoms with van der Waals surface area (Å²) in [5.74, 6) is 2.94. The van der Waals surface area contributed by atoms with E-state index in [1.54, 1.807) is 30.1 Å². The van der Waals surface area contributed by atoms with Crippen LogP contribution in [0, 0.1) is 19.3 Å². The van der Waals surface area contributed by atoms with Crippen molar-refractivity contribution in [2.75, 3.05) is 5.32 Å². The highest BCUT2D eigenvalue weighted by Crippen LogP contribution is 2.37. The zero-order chi connectivity index (χ0) is 19.5. The van der Waals surface area contributed by atoms with Crippen LogP contribution in [-0.2, 0) is 0 Å². The fourth-order valence-electron chi connectivity index (χ4n) is 2.83. The van der Waals surface area contributed by atoms with Crippen molar-refractivity contribution in [2.45, 2.75) is 16.7 Å². The summed E-state index contributed by atoms with van der Waals surface area (Å²) in [6, 6.07) is 18.9. The lowest BCUT2D eigenvalue weighted by Crippen LogP contribution is -1.97. The summed E-state index contributed by atoms with van der Waals surface area (Å²) in [7, 11) is 0. The lowest BCUT2D eigenvalue weighted by atomic mass is 10.2. The number of aromatic nitrogens is 2. The second-order valence-corrected chi connectivity index (χ2v) is 7.37. The molecule has 0 saturated heterocycles. The van der Waals surface area contributed by atoms with Crippen molar-refractivity contribution in [3.05, 3.63) is 78.1 Å². The maximum atomic E-state index is 9.50. The Morgan fingerprint density at radius 2 is 1.82 bits per heavy atom. The van der Waals surface area contributed by atoms with E-state index in [4.69, 9.17) is 6.42 Å². The van der Waals surface area contributed by atoms with E-state index in [1.807, 2.05) is 55.5 Å². The molecule has 0 saturated carbocycles. The van der Waals surface area contributed by atoms with Gasteiger partial charge in [-0.05, 0) is 67.6 Å². The molecule has 0 unspecified atom stereocenters. The number of nitrogens with zero attached hydrogens (tertiary/aromatic N) is 2. The molecule has 2 aromatic carbocycles. The largest absolute Gasteiger partial charge is 0.508 e. The van der Waals surface area contributed by atoms with E-state index < -0.39 is 0 Å². The summed E-state index contributed by atoms with van der Waals surface area (Å²) in [4.78, 5) is 10.9. The molecule has 0 aliphatic carbocycles. The minimum Gasteiger partial charge on any atom is -0.508 e. The number of aryl methyl sites for hydroxylation is 1. The minimum atomic E-state index is 0.247. The zero-order valence-corrected chi connectivity index (χ0v) is 16.0. The molecule has 136 valence electrons. The Morgan fingerprint density at radius 3 is 2.61 bits per heavy atom. The van der Waals surface area contributed by atoms with Crippen molar-refractivity contribution in [2.24, 2.45) is 0 Å². The summed E-state index contributed by atoms with van der Waals surface area (Å²) < 4.78 is 0. The van der Waals surface area contributed by atoms with Crippen molar-refractivity contribution in [3.8, 4) is 18.1 Å². The standard InChI is InChI=1S/C23H17N3OS/c1-3-16-5-11-22(28-18-8-6-17(27)7-9-18)21(14-16)26-20-12-13-24-23-19(20)10-4-15(2)25-23/h1,4-14,27H,2H3,(H,24,25,26). The van der Waals surface area contributed by atoms with Gasteiger partial charge in [0.2, 0.25) is 0 Å². The monoisotopic (exact) mass is 383 g/mol. The van der Waals surface area contributed by atoms with E-state index >= 15 is 0 Å². The third-order valence-electron chi connectivity index (χ3n) is 4.22. The number of anilines is 2. The smallest absolute Gasteiger partial charge is 0.161 e. The summed E-state index contributed by atoms with van der Waals surface area (Å²) in [6.45, 7) is 1.95. The van der Waals surface area contributed by atoms with E-state index in [-0.39, 0.29) is 5.75 Å². The van der Waals surface area contributed by atoms with Gasteiger partial charge in [0.05, 0.1) is 11.4 Å². The van der Waals surface area contributed by atoms with Crippen molar-refractivity contribution < 1.29 is 5.11 Å². The molecule has 5 heteroatoms. The van der Waals surface area contributed by atoms with Gasteiger partial charge in [0.15, 0.2) is 5.65 Å². The van der Waals surface area contributed by atoms with Gasteiger partial charge in [-0.1, -0.05) is 17.7 Å². The second kappa shape index (κ2) is 7.63. The molecular formula is C23H17N3OS. The fraction of sp³-hybridized carbons (Fsp3) is 0.0435. The topological polar surface area (TPSA) is 58.0 Å². The molecule has 4 aromatic rings. The van der Waals surface area contributed by atoms with E-state index in [0.717, 1.165) is 37.8 Å². The van der Waals surface area contributed by atoms with Crippen LogP contribution >= 0.6 is 11.8 Å². The number of aromatic hydroxyl groups is 1. The van der Waals surface area contributed by atoms with Crippen LogP contribution in [0.15, 0.2) is 76.7 Å². The van der Waals surface area contributed by atoms with Crippen LogP contribution in [0.4, 0.5) is 11.4 Å². The predicted octanol–water partition coefficient (Wildman–Crippen LogP) is 5.52. The summed E-state index contributed by atoms with van der Waals surface area (Å²) in [5, 5.41) is 13.9. The molecule has 4 rings (SSSR count). The van der Waals surface area contributed by atoms with E-state index in [1.165, 1.54) is 0 Å². The Bertz CT molecular complexity index is 1200. The fourth-order valence-corrected chi connectivity index (χ4v) is 3.71. The number of phenols is 1. The Morgan fingerprint density at radius 1 is 1.00 bits per heavy atom. The van der Waals surface area contributed by atoms with E-state index in [2.05, 4.69) is 21.2 Å². The first-order valence-electron chi connectivity index (χ1n) is 8.69. The maximum Gasteiger partial charge on any atom is 0.161 e. The molecule has 2 N–H and O–H groups in total. The normalized spacial score (nSPS) is 10.6. The number of hydrogen-bond donors (Lipinski definition) is 2. The molecule has 2 heterocycles. The Hall–Kier alpha value is -3.49. The molecule has 0 amide bonds. The molecule has 4 nitrogen and oxygen atoms in total. The average Bonchev–Trinajstić information content (AvgIpc) is 2.71. The second-order valence-electron chi connectivity index (χ2n) is 6.26. The molecule has 0 atom stereocenters. The zero-order valence-electron chi connectivity index (χ0n) is 15.2. The van der Waals surface area contributed by atoms with Crippen LogP contribution in [0.3, 0.4) is 0 Å². The van der Waals surface area contributed by atoms with Crippen LogP contribution < -0.4 is 5.32 Å². The summed E-state index contributed by atoms with van der Waals surface area (Å²) in [6.07, 6.45) is 7.35. The number of nitrogens with one attached hydrogen (secondary N) is 1. The summed E-state index contributed by atoms with van der Waals surface area (Å²) >= 11 is 1.60. The van der Waals surface area contributed by atoms with Crippen molar-refractivity contribution in [1.29, 1.82) is 0 Å². The lowest BCUT2D eigenvalue weighted by Gasteiger charge is -2.14. The molecule has 0 spiro atoms. The number of fused-ring (bicyclic) bond motifs is 1. The van der Waals surface area contributed by atoms with Crippen LogP contribution in [0.2, 0.25) is 0 Å². The molecule has 0 aliphatic rings. The van der Waals surface area contributed by atoms with Gasteiger partial charge >= 0.3 is 0 Å². The predicted molar refractivity (Wildman–Crippen MR) is 114 cm³/mol. The van der Waals surface area contributed by atoms with Gasteiger partial charge in [-0.3, -0.25) is 0 Å². The number of benzene rings is 2. The third kappa shape index (κ3) is 3.78. The van der Waals surface area contributed by atoms with Gasteiger partial charge in [0, 0.05) is 32.6 Å². The SMILES string of the molecule is C#Cc1ccc(Sc2ccc(O)cc2)c(Nc2ccnc3nc(C)ccc23)c1. The molecule has 0 fully saturated rings. The van der Waals surface area contributed by atoms with Gasteiger partial charge in [0.25, 0.3) is 0 Å². The number of pyridine rings is 2. The highest BCUT2D eigenvalue weighted by Gasteiger charge is 2.09. The van der Waals surface area contributed by atoms with Crippen LogP contribution in [0.1, 0.15) is 11.3 Å². The lowest BCUT2D eigenvalue weighted by molar-refractivity contribution is 0.475. The highest BCUT2D eigenvalue weighted by molar-refractivity contribution is 7.99. The van der Waals surface area contributed by atoms with Gasteiger partial charge < -0.3 is 10.4 Å². The van der Waals surface area contributed by atoms with Crippen LogP contribution in [-0.4, -0.2) is 15.1 Å². The van der Waals surface area contributed by atoms with Gasteiger partial charge in [-0.25, -0.2) is 9.97 Å². The first kappa shape index (κ1) is 17.9. The number of hydrogen-bond acceptors (Lipinski definition) is 5. The first-order valence-corrected chi connectivity index (χ1v) is 9.51. The van der Waals surface area contributed by atoms with Gasteiger partial charge in [-0.15, -0.1) is 6.42 Å². The molecule has 0 radical (unpaired) electrons. The Labute approximate surface area is 167 Å². The Kier molecular flexibility index (Phi) is 4.88. The molecule has 0 bridgehead atoms. The third-order valence-corrected chi connectivity index (χ3v) is 5.31. The minimum absolute atomic E-state index is 0.247. The number of rotatable bonds is 4. The van der Waals surface area contributed by atoms with Crippen molar-refractivity contribution in [1.82, 2.24) is 9.97 Å². The summed E-state index contributed by atoms with van der Waals surface area (Å²) in [5.41, 5.74) is 4.24. The van der Waals surface area contributed by atoms with E-state index in [0.29, 0.717) is 5.65 Å². The number of phenolic OH excluding ortho intramolecular Hbond substituents is 1. The quantitative estimate of drug-likeness (QED) is 0.455. The van der Waals surface area contributed by atoms with Gasteiger partial charge in [-0.2, -0.15) is 0 Å². The molecular weight excluding hydrogens is 366 g/mol. The maximum absolute atomic E-state index is 9.50. The highest BCUT2D eigenvalue weighted by atomic mass is 32.2. The average molecular weight is 383 g/mol. The van der Waals surface area contributed by atoms with Crippen LogP contribution in [0.25, 0.3) is 11.0 Å². The van der Waals surface area contributed by atoms with E-state index in [9.17, 15) is 5.11 Å². The molecule has 0 aliphatic heterocycles. The van der Waals surface area contributed by atoms with Crippen molar-refractivity contribution in [3.63, 3.8) is 0 Å². The molecule has 2 aromatic heterocycles. The number of terminal acetylenes is 1. The van der Waals surface area contributed by atoms with Crippen molar-refractivity contribution >= 4 is 34.2 Å².